The fourth-order valence-electron chi connectivity index (χ4n) is 2.74. The molecule has 0 bridgehead atoms. The second-order valence-electron chi connectivity index (χ2n) is 5.53. The summed E-state index contributed by atoms with van der Waals surface area (Å²) >= 11 is 0. The average molecular weight is 311 g/mol. The number of rotatable bonds is 4. The molecular formula is C14H21N3O3S. The average Bonchev–Trinajstić information content (AvgIpc) is 2.46. The van der Waals surface area contributed by atoms with E-state index in [0.29, 0.717) is 12.2 Å². The SMILES string of the molecule is CS(=O)(=O)c1ccc(NC(=O)C2CCCCC2CN)cn1. The molecule has 1 heterocycles. The topological polar surface area (TPSA) is 102 Å². The number of nitrogens with one attached hydrogen (secondary N) is 1. The van der Waals surface area contributed by atoms with Crippen molar-refractivity contribution in [3.8, 4) is 0 Å². The van der Waals surface area contributed by atoms with Crippen LogP contribution in [0.1, 0.15) is 25.7 Å². The Hall–Kier alpha value is -1.47. The van der Waals surface area contributed by atoms with Gasteiger partial charge < -0.3 is 11.1 Å². The predicted octanol–water partition coefficient (Wildman–Crippen LogP) is 1.19. The van der Waals surface area contributed by atoms with E-state index in [0.717, 1.165) is 31.9 Å². The summed E-state index contributed by atoms with van der Waals surface area (Å²) in [7, 11) is -3.32. The molecule has 0 saturated heterocycles. The molecule has 6 nitrogen and oxygen atoms in total. The Balaban J connectivity index is 2.05. The Morgan fingerprint density at radius 3 is 2.67 bits per heavy atom. The lowest BCUT2D eigenvalue weighted by Crippen LogP contribution is -2.35. The minimum atomic E-state index is -3.32. The van der Waals surface area contributed by atoms with Gasteiger partial charge in [0.2, 0.25) is 5.91 Å². The third kappa shape index (κ3) is 4.01. The highest BCUT2D eigenvalue weighted by molar-refractivity contribution is 7.90. The number of anilines is 1. The summed E-state index contributed by atoms with van der Waals surface area (Å²) in [5.74, 6) is 0.0967. The Kier molecular flexibility index (Phi) is 4.95. The van der Waals surface area contributed by atoms with Gasteiger partial charge in [-0.15, -0.1) is 0 Å². The predicted molar refractivity (Wildman–Crippen MR) is 80.5 cm³/mol. The molecule has 116 valence electrons. The van der Waals surface area contributed by atoms with Gasteiger partial charge in [0.25, 0.3) is 0 Å². The Labute approximate surface area is 125 Å². The van der Waals surface area contributed by atoms with E-state index in [9.17, 15) is 13.2 Å². The maximum Gasteiger partial charge on any atom is 0.227 e. The first-order valence-corrected chi connectivity index (χ1v) is 8.98. The van der Waals surface area contributed by atoms with Crippen LogP contribution < -0.4 is 11.1 Å². The summed E-state index contributed by atoms with van der Waals surface area (Å²) < 4.78 is 22.7. The van der Waals surface area contributed by atoms with E-state index in [1.165, 1.54) is 12.3 Å². The van der Waals surface area contributed by atoms with Crippen molar-refractivity contribution in [2.24, 2.45) is 17.6 Å². The molecule has 0 aliphatic heterocycles. The van der Waals surface area contributed by atoms with Gasteiger partial charge in [0.1, 0.15) is 0 Å². The van der Waals surface area contributed by atoms with Gasteiger partial charge in [-0.25, -0.2) is 13.4 Å². The Morgan fingerprint density at radius 1 is 1.38 bits per heavy atom. The van der Waals surface area contributed by atoms with Gasteiger partial charge in [0, 0.05) is 12.2 Å². The molecule has 2 rings (SSSR count). The standard InChI is InChI=1S/C14H21N3O3S/c1-21(19,20)13-7-6-11(9-16-13)17-14(18)12-5-3-2-4-10(12)8-15/h6-7,9-10,12H,2-5,8,15H2,1H3,(H,17,18). The zero-order chi connectivity index (χ0) is 15.5. The third-order valence-corrected chi connectivity index (χ3v) is 4.93. The molecule has 1 aliphatic rings. The van der Waals surface area contributed by atoms with E-state index < -0.39 is 9.84 Å². The van der Waals surface area contributed by atoms with Gasteiger partial charge in [0.15, 0.2) is 14.9 Å². The number of carbonyl (C=O) groups is 1. The fraction of sp³-hybridized carbons (Fsp3) is 0.571. The molecule has 1 aromatic rings. The highest BCUT2D eigenvalue weighted by Gasteiger charge is 2.29. The van der Waals surface area contributed by atoms with E-state index in [4.69, 9.17) is 5.73 Å². The molecule has 7 heteroatoms. The van der Waals surface area contributed by atoms with Crippen molar-refractivity contribution in [2.75, 3.05) is 18.1 Å². The van der Waals surface area contributed by atoms with Crippen molar-refractivity contribution in [3.05, 3.63) is 18.3 Å². The highest BCUT2D eigenvalue weighted by atomic mass is 32.2. The van der Waals surface area contributed by atoms with Crippen LogP contribution in [-0.4, -0.2) is 32.1 Å². The van der Waals surface area contributed by atoms with Gasteiger partial charge in [-0.2, -0.15) is 0 Å². The Morgan fingerprint density at radius 2 is 2.10 bits per heavy atom. The lowest BCUT2D eigenvalue weighted by Gasteiger charge is -2.29. The van der Waals surface area contributed by atoms with Gasteiger partial charge in [0.05, 0.1) is 11.9 Å². The Bertz CT molecular complexity index is 598. The highest BCUT2D eigenvalue weighted by Crippen LogP contribution is 2.30. The summed E-state index contributed by atoms with van der Waals surface area (Å²) in [5, 5.41) is 2.80. The molecule has 2 atom stereocenters. The number of aromatic nitrogens is 1. The zero-order valence-electron chi connectivity index (χ0n) is 12.1. The van der Waals surface area contributed by atoms with Crippen molar-refractivity contribution in [1.29, 1.82) is 0 Å². The number of hydrogen-bond donors (Lipinski definition) is 2. The van der Waals surface area contributed by atoms with Crippen LogP contribution in [0.5, 0.6) is 0 Å². The van der Waals surface area contributed by atoms with Crippen LogP contribution in [0.15, 0.2) is 23.4 Å². The fourth-order valence-corrected chi connectivity index (χ4v) is 3.30. The molecule has 0 aromatic carbocycles. The molecule has 1 fully saturated rings. The monoisotopic (exact) mass is 311 g/mol. The number of amides is 1. The first-order valence-electron chi connectivity index (χ1n) is 7.09. The van der Waals surface area contributed by atoms with Gasteiger partial charge in [-0.05, 0) is 37.4 Å². The first-order chi connectivity index (χ1) is 9.91. The van der Waals surface area contributed by atoms with Crippen LogP contribution in [-0.2, 0) is 14.6 Å². The minimum Gasteiger partial charge on any atom is -0.330 e. The van der Waals surface area contributed by atoms with Crippen LogP contribution in [0.25, 0.3) is 0 Å². The van der Waals surface area contributed by atoms with E-state index in [1.54, 1.807) is 6.07 Å². The van der Waals surface area contributed by atoms with E-state index in [2.05, 4.69) is 10.3 Å². The summed E-state index contributed by atoms with van der Waals surface area (Å²) in [6.45, 7) is 0.517. The molecular weight excluding hydrogens is 290 g/mol. The smallest absolute Gasteiger partial charge is 0.227 e. The van der Waals surface area contributed by atoms with Crippen LogP contribution >= 0.6 is 0 Å². The quantitative estimate of drug-likeness (QED) is 0.869. The summed E-state index contributed by atoms with van der Waals surface area (Å²) in [6.07, 6.45) is 6.47. The van der Waals surface area contributed by atoms with Crippen molar-refractivity contribution in [1.82, 2.24) is 4.98 Å². The zero-order valence-corrected chi connectivity index (χ0v) is 12.9. The second kappa shape index (κ2) is 6.53. The van der Waals surface area contributed by atoms with Crippen molar-refractivity contribution >= 4 is 21.4 Å². The molecule has 1 saturated carbocycles. The van der Waals surface area contributed by atoms with Gasteiger partial charge in [-0.1, -0.05) is 12.8 Å². The van der Waals surface area contributed by atoms with Gasteiger partial charge in [-0.3, -0.25) is 4.79 Å². The van der Waals surface area contributed by atoms with Crippen LogP contribution in [0.4, 0.5) is 5.69 Å². The van der Waals surface area contributed by atoms with E-state index >= 15 is 0 Å². The lowest BCUT2D eigenvalue weighted by molar-refractivity contribution is -0.122. The largest absolute Gasteiger partial charge is 0.330 e. The van der Waals surface area contributed by atoms with Crippen LogP contribution in [0, 0.1) is 11.8 Å². The maximum atomic E-state index is 12.3. The molecule has 1 aliphatic carbocycles. The lowest BCUT2D eigenvalue weighted by atomic mass is 9.79. The van der Waals surface area contributed by atoms with Crippen LogP contribution in [0.2, 0.25) is 0 Å². The number of nitrogens with two attached hydrogens (primary N) is 1. The number of sulfone groups is 1. The maximum absolute atomic E-state index is 12.3. The summed E-state index contributed by atoms with van der Waals surface area (Å²) in [6, 6.07) is 2.95. The van der Waals surface area contributed by atoms with Crippen molar-refractivity contribution in [2.45, 2.75) is 30.7 Å². The van der Waals surface area contributed by atoms with E-state index in [-0.39, 0.29) is 22.8 Å². The second-order valence-corrected chi connectivity index (χ2v) is 7.50. The molecule has 1 aromatic heterocycles. The molecule has 21 heavy (non-hydrogen) atoms. The van der Waals surface area contributed by atoms with Gasteiger partial charge >= 0.3 is 0 Å². The first kappa shape index (κ1) is 15.9. The molecule has 2 unspecified atom stereocenters. The third-order valence-electron chi connectivity index (χ3n) is 3.93. The minimum absolute atomic E-state index is 0.00185. The van der Waals surface area contributed by atoms with Crippen LogP contribution in [0.3, 0.4) is 0 Å². The molecule has 1 amide bonds. The number of hydrogen-bond acceptors (Lipinski definition) is 5. The number of nitrogens with zero attached hydrogens (tertiary/aromatic N) is 1. The molecule has 0 radical (unpaired) electrons. The normalized spacial score (nSPS) is 22.8. The molecule has 0 spiro atoms. The summed E-state index contributed by atoms with van der Waals surface area (Å²) in [4.78, 5) is 16.2. The number of carbonyl (C=O) groups excluding carboxylic acids is 1. The number of pyridine rings is 1. The molecule has 3 N–H and O–H groups in total. The van der Waals surface area contributed by atoms with Crippen molar-refractivity contribution < 1.29 is 13.2 Å². The summed E-state index contributed by atoms with van der Waals surface area (Å²) in [5.41, 5.74) is 6.24. The van der Waals surface area contributed by atoms with Crippen molar-refractivity contribution in [3.63, 3.8) is 0 Å². The van der Waals surface area contributed by atoms with E-state index in [1.807, 2.05) is 0 Å².